The summed E-state index contributed by atoms with van der Waals surface area (Å²) in [6.07, 6.45) is 1.58. The van der Waals surface area contributed by atoms with Crippen LogP contribution in [0, 0.1) is 0 Å². The van der Waals surface area contributed by atoms with Crippen molar-refractivity contribution in [2.45, 2.75) is 24.3 Å². The number of rotatable bonds is 4. The molecule has 7 heteroatoms. The van der Waals surface area contributed by atoms with E-state index in [0.29, 0.717) is 18.2 Å². The lowest BCUT2D eigenvalue weighted by Crippen LogP contribution is -2.24. The molecule has 0 amide bonds. The van der Waals surface area contributed by atoms with Gasteiger partial charge in [-0.05, 0) is 24.3 Å². The molecule has 0 bridgehead atoms. The normalized spacial score (nSPS) is 15.5. The Bertz CT molecular complexity index is 879. The summed E-state index contributed by atoms with van der Waals surface area (Å²) in [5.74, 6) is 1.64. The average Bonchev–Trinajstić information content (AvgIpc) is 3.20. The third-order valence-electron chi connectivity index (χ3n) is 4.31. The summed E-state index contributed by atoms with van der Waals surface area (Å²) in [5, 5.41) is 0.385. The first-order valence-corrected chi connectivity index (χ1v) is 9.59. The molecule has 0 atom stereocenters. The molecule has 1 N–H and O–H groups in total. The molecule has 0 saturated carbocycles. The Balaban J connectivity index is 1.65. The molecule has 0 radical (unpaired) electrons. The van der Waals surface area contributed by atoms with Crippen LogP contribution in [0.4, 0.5) is 0 Å². The van der Waals surface area contributed by atoms with Crippen LogP contribution in [0.15, 0.2) is 35.2 Å². The molecular weight excluding hydrogens is 350 g/mol. The zero-order valence-electron chi connectivity index (χ0n) is 12.8. The summed E-state index contributed by atoms with van der Waals surface area (Å²) in [7, 11) is -3.65. The minimum absolute atomic E-state index is 0.149. The van der Waals surface area contributed by atoms with Crippen LogP contribution >= 0.6 is 11.6 Å². The maximum absolute atomic E-state index is 12.5. The summed E-state index contributed by atoms with van der Waals surface area (Å²) in [4.78, 5) is 0.149. The van der Waals surface area contributed by atoms with Gasteiger partial charge in [0.2, 0.25) is 10.0 Å². The third-order valence-corrected chi connectivity index (χ3v) is 5.94. The summed E-state index contributed by atoms with van der Waals surface area (Å²) < 4.78 is 39.1. The van der Waals surface area contributed by atoms with E-state index in [1.54, 1.807) is 12.1 Å². The number of nitrogens with one attached hydrogen (secondary N) is 1. The highest BCUT2D eigenvalue weighted by molar-refractivity contribution is 7.89. The molecule has 0 unspecified atom stereocenters. The van der Waals surface area contributed by atoms with Gasteiger partial charge in [0.05, 0.1) is 18.1 Å². The molecule has 0 aromatic heterocycles. The molecule has 4 rings (SSSR count). The van der Waals surface area contributed by atoms with E-state index in [-0.39, 0.29) is 11.4 Å². The van der Waals surface area contributed by atoms with Crippen LogP contribution in [-0.4, -0.2) is 21.6 Å². The van der Waals surface area contributed by atoms with Crippen LogP contribution < -0.4 is 14.2 Å². The second kappa shape index (κ2) is 5.95. The first kappa shape index (κ1) is 15.7. The molecule has 126 valence electrons. The number of benzene rings is 2. The van der Waals surface area contributed by atoms with Crippen molar-refractivity contribution >= 4 is 21.6 Å². The fraction of sp³-hybridized carbons (Fsp3) is 0.294. The highest BCUT2D eigenvalue weighted by atomic mass is 35.5. The van der Waals surface area contributed by atoms with Crippen molar-refractivity contribution < 1.29 is 17.9 Å². The van der Waals surface area contributed by atoms with Gasteiger partial charge in [0.15, 0.2) is 0 Å². The van der Waals surface area contributed by atoms with Gasteiger partial charge in [-0.25, -0.2) is 13.1 Å². The van der Waals surface area contributed by atoms with Gasteiger partial charge in [-0.1, -0.05) is 17.7 Å². The van der Waals surface area contributed by atoms with Crippen molar-refractivity contribution in [3.05, 3.63) is 52.0 Å². The van der Waals surface area contributed by atoms with E-state index in [0.717, 1.165) is 41.0 Å². The van der Waals surface area contributed by atoms with Crippen molar-refractivity contribution in [1.29, 1.82) is 0 Å². The Hall–Kier alpha value is -1.76. The minimum Gasteiger partial charge on any atom is -0.493 e. The monoisotopic (exact) mass is 365 g/mol. The Kier molecular flexibility index (Phi) is 3.90. The molecule has 0 spiro atoms. The van der Waals surface area contributed by atoms with Crippen molar-refractivity contribution in [3.63, 3.8) is 0 Å². The van der Waals surface area contributed by atoms with Crippen molar-refractivity contribution in [2.75, 3.05) is 13.2 Å². The predicted molar refractivity (Wildman–Crippen MR) is 90.3 cm³/mol. The zero-order valence-corrected chi connectivity index (χ0v) is 14.4. The second-order valence-electron chi connectivity index (χ2n) is 5.80. The zero-order chi connectivity index (χ0) is 16.7. The highest BCUT2D eigenvalue weighted by Crippen LogP contribution is 2.40. The Labute approximate surface area is 145 Å². The van der Waals surface area contributed by atoms with Gasteiger partial charge in [-0.2, -0.15) is 0 Å². The molecule has 0 fully saturated rings. The van der Waals surface area contributed by atoms with Gasteiger partial charge in [-0.15, -0.1) is 0 Å². The predicted octanol–water partition coefficient (Wildman–Crippen LogP) is 2.69. The van der Waals surface area contributed by atoms with Gasteiger partial charge < -0.3 is 9.47 Å². The minimum atomic E-state index is -3.65. The Morgan fingerprint density at radius 3 is 2.79 bits per heavy atom. The molecule has 24 heavy (non-hydrogen) atoms. The van der Waals surface area contributed by atoms with Crippen molar-refractivity contribution in [2.24, 2.45) is 0 Å². The quantitative estimate of drug-likeness (QED) is 0.904. The lowest BCUT2D eigenvalue weighted by molar-refractivity contribution is 0.352. The fourth-order valence-corrected chi connectivity index (χ4v) is 4.45. The van der Waals surface area contributed by atoms with E-state index >= 15 is 0 Å². The Morgan fingerprint density at radius 2 is 1.96 bits per heavy atom. The Morgan fingerprint density at radius 1 is 1.12 bits per heavy atom. The molecule has 2 aliphatic rings. The maximum Gasteiger partial charge on any atom is 0.240 e. The maximum atomic E-state index is 12.5. The van der Waals surface area contributed by atoms with Crippen LogP contribution in [-0.2, 0) is 29.4 Å². The van der Waals surface area contributed by atoms with Crippen LogP contribution in [0.25, 0.3) is 0 Å². The summed E-state index contributed by atoms with van der Waals surface area (Å²) in [6.45, 7) is 1.41. The first-order valence-electron chi connectivity index (χ1n) is 7.73. The van der Waals surface area contributed by atoms with Crippen molar-refractivity contribution in [3.8, 4) is 11.5 Å². The summed E-state index contributed by atoms with van der Waals surface area (Å²) in [5.41, 5.74) is 2.99. The number of sulfonamides is 1. The van der Waals surface area contributed by atoms with E-state index in [1.807, 2.05) is 6.07 Å². The molecule has 2 heterocycles. The second-order valence-corrected chi connectivity index (χ2v) is 8.00. The molecular formula is C17H16ClNO4S. The SMILES string of the molecule is O=S(=O)(NCc1c2c(cc3c1OCC3)OCC2)c1cccc(Cl)c1. The molecule has 2 aromatic rings. The van der Waals surface area contributed by atoms with Crippen LogP contribution in [0.5, 0.6) is 11.5 Å². The summed E-state index contributed by atoms with van der Waals surface area (Å²) >= 11 is 5.89. The highest BCUT2D eigenvalue weighted by Gasteiger charge is 2.27. The van der Waals surface area contributed by atoms with Crippen LogP contribution in [0.2, 0.25) is 5.02 Å². The number of hydrogen-bond donors (Lipinski definition) is 1. The standard InChI is InChI=1S/C17H16ClNO4S/c18-12-2-1-3-13(9-12)24(20,21)19-10-15-14-5-7-22-16(14)8-11-4-6-23-17(11)15/h1-3,8-9,19H,4-7,10H2. The van der Waals surface area contributed by atoms with E-state index < -0.39 is 10.0 Å². The number of halogens is 1. The van der Waals surface area contributed by atoms with E-state index in [9.17, 15) is 8.42 Å². The van der Waals surface area contributed by atoms with Gasteiger partial charge in [0, 0.05) is 41.1 Å². The van der Waals surface area contributed by atoms with Gasteiger partial charge in [0.25, 0.3) is 0 Å². The molecule has 5 nitrogen and oxygen atoms in total. The van der Waals surface area contributed by atoms with E-state index in [1.165, 1.54) is 12.1 Å². The average molecular weight is 366 g/mol. The lowest BCUT2D eigenvalue weighted by Gasteiger charge is -2.14. The number of fused-ring (bicyclic) bond motifs is 2. The number of ether oxygens (including phenoxy) is 2. The van der Waals surface area contributed by atoms with Crippen molar-refractivity contribution in [1.82, 2.24) is 4.72 Å². The molecule has 0 saturated heterocycles. The molecule has 0 aliphatic carbocycles. The van der Waals surface area contributed by atoms with Gasteiger partial charge in [0.1, 0.15) is 11.5 Å². The van der Waals surface area contributed by atoms with Gasteiger partial charge >= 0.3 is 0 Å². The number of hydrogen-bond acceptors (Lipinski definition) is 4. The summed E-state index contributed by atoms with van der Waals surface area (Å²) in [6, 6.07) is 8.23. The molecule has 2 aromatic carbocycles. The largest absolute Gasteiger partial charge is 0.493 e. The van der Waals surface area contributed by atoms with E-state index in [4.69, 9.17) is 21.1 Å². The fourth-order valence-electron chi connectivity index (χ4n) is 3.16. The smallest absolute Gasteiger partial charge is 0.240 e. The van der Waals surface area contributed by atoms with Crippen LogP contribution in [0.1, 0.15) is 16.7 Å². The van der Waals surface area contributed by atoms with Gasteiger partial charge in [-0.3, -0.25) is 0 Å². The topological polar surface area (TPSA) is 64.6 Å². The first-order chi connectivity index (χ1) is 11.5. The third kappa shape index (κ3) is 2.75. The lowest BCUT2D eigenvalue weighted by atomic mass is 10.00. The molecule has 2 aliphatic heterocycles. The van der Waals surface area contributed by atoms with Crippen LogP contribution in [0.3, 0.4) is 0 Å². The van der Waals surface area contributed by atoms with E-state index in [2.05, 4.69) is 4.72 Å².